The third-order valence-electron chi connectivity index (χ3n) is 4.70. The summed E-state index contributed by atoms with van der Waals surface area (Å²) in [5.41, 5.74) is 3.08. The average molecular weight is 342 g/mol. The molecule has 0 unspecified atom stereocenters. The highest BCUT2D eigenvalue weighted by molar-refractivity contribution is 5.74. The summed E-state index contributed by atoms with van der Waals surface area (Å²) in [6.07, 6.45) is 2.12. The number of piperidine rings is 1. The normalized spacial score (nSPS) is 18.1. The van der Waals surface area contributed by atoms with E-state index in [-0.39, 0.29) is 12.1 Å². The molecule has 3 rings (SSSR count). The van der Waals surface area contributed by atoms with Crippen LogP contribution in [0.1, 0.15) is 35.4 Å². The van der Waals surface area contributed by atoms with Gasteiger partial charge in [-0.3, -0.25) is 4.90 Å². The zero-order chi connectivity index (χ0) is 17.6. The second-order valence-electron chi connectivity index (χ2n) is 6.69. The molecule has 1 atom stereocenters. The van der Waals surface area contributed by atoms with E-state index in [1.807, 2.05) is 19.9 Å². The summed E-state index contributed by atoms with van der Waals surface area (Å²) in [5.74, 6) is 0.754. The Bertz CT molecular complexity index is 679. The molecule has 1 aromatic carbocycles. The lowest BCUT2D eigenvalue weighted by Crippen LogP contribution is -2.50. The number of carbonyl (C=O) groups excluding carboxylic acids is 1. The van der Waals surface area contributed by atoms with Crippen LogP contribution in [0.3, 0.4) is 0 Å². The lowest BCUT2D eigenvalue weighted by atomic mass is 10.0. The molecule has 0 aliphatic carbocycles. The highest BCUT2D eigenvalue weighted by Gasteiger charge is 2.21. The lowest BCUT2D eigenvalue weighted by molar-refractivity contribution is 0.180. The van der Waals surface area contributed by atoms with Gasteiger partial charge in [0.1, 0.15) is 5.76 Å². The minimum Gasteiger partial charge on any atom is -0.361 e. The van der Waals surface area contributed by atoms with Crippen molar-refractivity contribution in [1.29, 1.82) is 0 Å². The van der Waals surface area contributed by atoms with Crippen molar-refractivity contribution in [2.24, 2.45) is 0 Å². The number of aromatic nitrogens is 1. The first-order chi connectivity index (χ1) is 12.1. The predicted molar refractivity (Wildman–Crippen MR) is 96.1 cm³/mol. The van der Waals surface area contributed by atoms with Gasteiger partial charge in [0, 0.05) is 31.2 Å². The first kappa shape index (κ1) is 17.5. The standard InChI is InChI=1S/C19H26N4O2/c1-14-18(15(2)25-22-14)11-20-19(24)21-17-9-6-10-23(13-17)12-16-7-4-3-5-8-16/h3-5,7-8,17H,6,9-13H2,1-2H3,(H2,20,21,24)/t17-/m0/s1. The number of nitrogens with one attached hydrogen (secondary N) is 2. The molecule has 2 N–H and O–H groups in total. The van der Waals surface area contributed by atoms with Crippen LogP contribution in [-0.2, 0) is 13.1 Å². The zero-order valence-corrected chi connectivity index (χ0v) is 14.9. The molecule has 1 fully saturated rings. The van der Waals surface area contributed by atoms with Crippen LogP contribution in [0, 0.1) is 13.8 Å². The van der Waals surface area contributed by atoms with Crippen molar-refractivity contribution in [2.75, 3.05) is 13.1 Å². The Kier molecular flexibility index (Phi) is 5.71. The van der Waals surface area contributed by atoms with Gasteiger partial charge in [-0.15, -0.1) is 0 Å². The number of nitrogens with zero attached hydrogens (tertiary/aromatic N) is 2. The fourth-order valence-electron chi connectivity index (χ4n) is 3.32. The number of likely N-dealkylation sites (tertiary alicyclic amines) is 1. The van der Waals surface area contributed by atoms with Gasteiger partial charge in [0.15, 0.2) is 0 Å². The van der Waals surface area contributed by atoms with Gasteiger partial charge in [-0.25, -0.2) is 4.79 Å². The highest BCUT2D eigenvalue weighted by Crippen LogP contribution is 2.14. The molecule has 0 radical (unpaired) electrons. The summed E-state index contributed by atoms with van der Waals surface area (Å²) in [7, 11) is 0. The van der Waals surface area contributed by atoms with Gasteiger partial charge in [0.05, 0.1) is 5.69 Å². The van der Waals surface area contributed by atoms with E-state index in [2.05, 4.69) is 45.0 Å². The van der Waals surface area contributed by atoms with Crippen LogP contribution in [0.25, 0.3) is 0 Å². The number of urea groups is 1. The molecular weight excluding hydrogens is 316 g/mol. The zero-order valence-electron chi connectivity index (χ0n) is 14.9. The SMILES string of the molecule is Cc1noc(C)c1CNC(=O)N[C@H]1CCCN(Cc2ccccc2)C1. The molecule has 2 heterocycles. The fraction of sp³-hybridized carbons (Fsp3) is 0.474. The van der Waals surface area contributed by atoms with E-state index in [1.54, 1.807) is 0 Å². The van der Waals surface area contributed by atoms with Gasteiger partial charge in [-0.1, -0.05) is 35.5 Å². The highest BCUT2D eigenvalue weighted by atomic mass is 16.5. The van der Waals surface area contributed by atoms with Crippen LogP contribution in [0.5, 0.6) is 0 Å². The van der Waals surface area contributed by atoms with E-state index in [1.165, 1.54) is 5.56 Å². The third kappa shape index (κ3) is 4.82. The van der Waals surface area contributed by atoms with Gasteiger partial charge >= 0.3 is 6.03 Å². The summed E-state index contributed by atoms with van der Waals surface area (Å²) < 4.78 is 5.12. The summed E-state index contributed by atoms with van der Waals surface area (Å²) in [5, 5.41) is 9.91. The minimum atomic E-state index is -0.133. The topological polar surface area (TPSA) is 70.4 Å². The Morgan fingerprint density at radius 2 is 2.12 bits per heavy atom. The summed E-state index contributed by atoms with van der Waals surface area (Å²) in [4.78, 5) is 14.6. The van der Waals surface area contributed by atoms with Crippen LogP contribution in [0.15, 0.2) is 34.9 Å². The molecule has 1 aliphatic heterocycles. The Morgan fingerprint density at radius 1 is 1.32 bits per heavy atom. The largest absolute Gasteiger partial charge is 0.361 e. The molecule has 0 bridgehead atoms. The van der Waals surface area contributed by atoms with Crippen LogP contribution >= 0.6 is 0 Å². The molecule has 2 amide bonds. The maximum absolute atomic E-state index is 12.2. The molecule has 6 nitrogen and oxygen atoms in total. The van der Waals surface area contributed by atoms with Crippen molar-refractivity contribution in [3.63, 3.8) is 0 Å². The van der Waals surface area contributed by atoms with Gasteiger partial charge in [0.2, 0.25) is 0 Å². The first-order valence-electron chi connectivity index (χ1n) is 8.84. The van der Waals surface area contributed by atoms with Crippen molar-refractivity contribution < 1.29 is 9.32 Å². The minimum absolute atomic E-state index is 0.133. The third-order valence-corrected chi connectivity index (χ3v) is 4.70. The fourth-order valence-corrected chi connectivity index (χ4v) is 3.32. The molecule has 6 heteroatoms. The van der Waals surface area contributed by atoms with Gasteiger partial charge in [-0.2, -0.15) is 0 Å². The second kappa shape index (κ2) is 8.16. The molecule has 2 aromatic rings. The second-order valence-corrected chi connectivity index (χ2v) is 6.69. The average Bonchev–Trinajstić information content (AvgIpc) is 2.92. The number of hydrogen-bond donors (Lipinski definition) is 2. The number of aryl methyl sites for hydroxylation is 2. The monoisotopic (exact) mass is 342 g/mol. The summed E-state index contributed by atoms with van der Waals surface area (Å²) in [6, 6.07) is 10.5. The predicted octanol–water partition coefficient (Wildman–Crippen LogP) is 2.76. The van der Waals surface area contributed by atoms with E-state index in [0.717, 1.165) is 49.5 Å². The van der Waals surface area contributed by atoms with Crippen LogP contribution < -0.4 is 10.6 Å². The Balaban J connectivity index is 1.46. The van der Waals surface area contributed by atoms with Crippen LogP contribution in [0.4, 0.5) is 4.79 Å². The summed E-state index contributed by atoms with van der Waals surface area (Å²) >= 11 is 0. The molecule has 25 heavy (non-hydrogen) atoms. The molecule has 0 spiro atoms. The van der Waals surface area contributed by atoms with Crippen molar-refractivity contribution in [3.05, 3.63) is 52.9 Å². The van der Waals surface area contributed by atoms with Crippen molar-refractivity contribution >= 4 is 6.03 Å². The number of benzene rings is 1. The maximum Gasteiger partial charge on any atom is 0.315 e. The first-order valence-corrected chi connectivity index (χ1v) is 8.84. The van der Waals surface area contributed by atoms with Crippen molar-refractivity contribution in [3.8, 4) is 0 Å². The van der Waals surface area contributed by atoms with E-state index in [9.17, 15) is 4.79 Å². The Hall–Kier alpha value is -2.34. The Morgan fingerprint density at radius 3 is 2.84 bits per heavy atom. The molecule has 1 aromatic heterocycles. The van der Waals surface area contributed by atoms with E-state index >= 15 is 0 Å². The van der Waals surface area contributed by atoms with E-state index < -0.39 is 0 Å². The van der Waals surface area contributed by atoms with Gasteiger partial charge < -0.3 is 15.2 Å². The number of amides is 2. The van der Waals surface area contributed by atoms with E-state index in [0.29, 0.717) is 6.54 Å². The van der Waals surface area contributed by atoms with Gasteiger partial charge in [-0.05, 0) is 38.8 Å². The van der Waals surface area contributed by atoms with Crippen LogP contribution in [0.2, 0.25) is 0 Å². The number of carbonyl (C=O) groups is 1. The van der Waals surface area contributed by atoms with Gasteiger partial charge in [0.25, 0.3) is 0 Å². The quantitative estimate of drug-likeness (QED) is 0.876. The van der Waals surface area contributed by atoms with Crippen molar-refractivity contribution in [1.82, 2.24) is 20.7 Å². The molecular formula is C19H26N4O2. The number of rotatable bonds is 5. The summed E-state index contributed by atoms with van der Waals surface area (Å²) in [6.45, 7) is 7.07. The maximum atomic E-state index is 12.2. The Labute approximate surface area is 148 Å². The molecule has 1 saturated heterocycles. The molecule has 134 valence electrons. The van der Waals surface area contributed by atoms with E-state index in [4.69, 9.17) is 4.52 Å². The lowest BCUT2D eigenvalue weighted by Gasteiger charge is -2.33. The van der Waals surface area contributed by atoms with Crippen LogP contribution in [-0.4, -0.2) is 35.2 Å². The van der Waals surface area contributed by atoms with Crippen molar-refractivity contribution in [2.45, 2.75) is 45.8 Å². The molecule has 0 saturated carbocycles. The molecule has 1 aliphatic rings. The number of hydrogen-bond acceptors (Lipinski definition) is 4. The smallest absolute Gasteiger partial charge is 0.315 e.